The Morgan fingerprint density at radius 2 is 1.96 bits per heavy atom. The molecular formula is C20H23N3O. The molecule has 4 nitrogen and oxygen atoms in total. The number of pyridine rings is 1. The van der Waals surface area contributed by atoms with Gasteiger partial charge >= 0.3 is 0 Å². The van der Waals surface area contributed by atoms with E-state index in [0.717, 1.165) is 26.2 Å². The molecule has 0 bridgehead atoms. The Hall–Kier alpha value is -2.20. The molecule has 0 unspecified atom stereocenters. The van der Waals surface area contributed by atoms with Crippen LogP contribution in [0.25, 0.3) is 0 Å². The van der Waals surface area contributed by atoms with Crippen LogP contribution in [0.5, 0.6) is 0 Å². The van der Waals surface area contributed by atoms with Gasteiger partial charge in [-0.1, -0.05) is 36.4 Å². The zero-order chi connectivity index (χ0) is 16.5. The van der Waals surface area contributed by atoms with Crippen molar-refractivity contribution in [1.82, 2.24) is 14.8 Å². The van der Waals surface area contributed by atoms with Crippen molar-refractivity contribution in [2.24, 2.45) is 11.8 Å². The van der Waals surface area contributed by atoms with E-state index in [1.807, 2.05) is 24.5 Å². The maximum absolute atomic E-state index is 12.1. The third-order valence-corrected chi connectivity index (χ3v) is 5.41. The summed E-state index contributed by atoms with van der Waals surface area (Å²) in [5, 5.41) is 0. The molecule has 0 aliphatic carbocycles. The first-order chi connectivity index (χ1) is 11.7. The summed E-state index contributed by atoms with van der Waals surface area (Å²) in [6, 6.07) is 14.9. The number of amides is 1. The molecule has 124 valence electrons. The topological polar surface area (TPSA) is 36.4 Å². The van der Waals surface area contributed by atoms with Crippen LogP contribution in [0.4, 0.5) is 0 Å². The highest BCUT2D eigenvalue weighted by Crippen LogP contribution is 2.45. The fourth-order valence-corrected chi connectivity index (χ4v) is 4.42. The minimum Gasteiger partial charge on any atom is -0.335 e. The van der Waals surface area contributed by atoms with Crippen molar-refractivity contribution in [2.75, 3.05) is 19.6 Å². The Bertz CT molecular complexity index is 703. The molecule has 1 aromatic heterocycles. The van der Waals surface area contributed by atoms with E-state index in [9.17, 15) is 4.79 Å². The fourth-order valence-electron chi connectivity index (χ4n) is 4.42. The third-order valence-electron chi connectivity index (χ3n) is 5.41. The van der Waals surface area contributed by atoms with Crippen LogP contribution in [-0.2, 0) is 11.3 Å². The Morgan fingerprint density at radius 3 is 2.67 bits per heavy atom. The molecular weight excluding hydrogens is 298 g/mol. The van der Waals surface area contributed by atoms with Crippen LogP contribution >= 0.6 is 0 Å². The average Bonchev–Trinajstić information content (AvgIpc) is 3.13. The molecule has 4 heteroatoms. The molecule has 3 heterocycles. The largest absolute Gasteiger partial charge is 0.335 e. The number of fused-ring (bicyclic) bond motifs is 1. The Morgan fingerprint density at radius 1 is 1.12 bits per heavy atom. The maximum atomic E-state index is 12.1. The first-order valence-electron chi connectivity index (χ1n) is 8.66. The SMILES string of the molecule is CC(=O)N1C[C@H]2CN(Cc3cccnc3)C[C@H]2[C@@H]1c1ccccc1. The van der Waals surface area contributed by atoms with E-state index in [2.05, 4.69) is 45.1 Å². The van der Waals surface area contributed by atoms with E-state index in [4.69, 9.17) is 0 Å². The predicted octanol–water partition coefficient (Wildman–Crippen LogP) is 2.73. The zero-order valence-electron chi connectivity index (χ0n) is 14.0. The second-order valence-corrected chi connectivity index (χ2v) is 7.01. The molecule has 1 amide bonds. The van der Waals surface area contributed by atoms with Crippen molar-refractivity contribution in [3.8, 4) is 0 Å². The highest BCUT2D eigenvalue weighted by Gasteiger charge is 2.48. The van der Waals surface area contributed by atoms with Crippen LogP contribution in [0.2, 0.25) is 0 Å². The van der Waals surface area contributed by atoms with E-state index in [0.29, 0.717) is 11.8 Å². The second kappa shape index (κ2) is 6.36. The zero-order valence-corrected chi connectivity index (χ0v) is 14.0. The van der Waals surface area contributed by atoms with Crippen LogP contribution in [0, 0.1) is 11.8 Å². The number of carbonyl (C=O) groups is 1. The van der Waals surface area contributed by atoms with Gasteiger partial charge in [-0.15, -0.1) is 0 Å². The summed E-state index contributed by atoms with van der Waals surface area (Å²) >= 11 is 0. The van der Waals surface area contributed by atoms with Crippen molar-refractivity contribution < 1.29 is 4.79 Å². The first kappa shape index (κ1) is 15.3. The van der Waals surface area contributed by atoms with Crippen LogP contribution in [0.15, 0.2) is 54.9 Å². The number of hydrogen-bond acceptors (Lipinski definition) is 3. The van der Waals surface area contributed by atoms with Crippen molar-refractivity contribution in [3.63, 3.8) is 0 Å². The normalized spacial score (nSPS) is 26.5. The van der Waals surface area contributed by atoms with Gasteiger partial charge in [0, 0.05) is 51.4 Å². The minimum atomic E-state index is 0.192. The van der Waals surface area contributed by atoms with Gasteiger partial charge in [0.15, 0.2) is 0 Å². The van der Waals surface area contributed by atoms with Gasteiger partial charge < -0.3 is 4.90 Å². The van der Waals surface area contributed by atoms with Gasteiger partial charge in [0.2, 0.25) is 5.91 Å². The number of hydrogen-bond donors (Lipinski definition) is 0. The Kier molecular flexibility index (Phi) is 4.07. The second-order valence-electron chi connectivity index (χ2n) is 7.01. The molecule has 2 aromatic rings. The molecule has 0 spiro atoms. The van der Waals surface area contributed by atoms with Crippen molar-refractivity contribution >= 4 is 5.91 Å². The van der Waals surface area contributed by atoms with Gasteiger partial charge in [-0.2, -0.15) is 0 Å². The van der Waals surface area contributed by atoms with Crippen LogP contribution in [0.3, 0.4) is 0 Å². The Balaban J connectivity index is 1.54. The molecule has 2 fully saturated rings. The molecule has 0 saturated carbocycles. The van der Waals surface area contributed by atoms with E-state index in [-0.39, 0.29) is 11.9 Å². The molecule has 0 radical (unpaired) electrons. The number of rotatable bonds is 3. The molecule has 2 aliphatic heterocycles. The standard InChI is InChI=1S/C20H23N3O/c1-15(24)23-13-18-12-22(11-16-6-5-9-21-10-16)14-19(18)20(23)17-7-3-2-4-8-17/h2-10,18-20H,11-14H2,1H3/t18-,19-,20+/m1/s1. The fraction of sp³-hybridized carbons (Fsp3) is 0.400. The predicted molar refractivity (Wildman–Crippen MR) is 93.1 cm³/mol. The number of likely N-dealkylation sites (tertiary alicyclic amines) is 2. The molecule has 2 saturated heterocycles. The monoisotopic (exact) mass is 321 g/mol. The minimum absolute atomic E-state index is 0.192. The summed E-state index contributed by atoms with van der Waals surface area (Å²) in [5.74, 6) is 1.28. The van der Waals surface area contributed by atoms with E-state index in [1.54, 1.807) is 6.92 Å². The number of carbonyl (C=O) groups excluding carboxylic acids is 1. The summed E-state index contributed by atoms with van der Waals surface area (Å²) in [5.41, 5.74) is 2.53. The van der Waals surface area contributed by atoms with Crippen molar-refractivity contribution in [3.05, 3.63) is 66.0 Å². The highest BCUT2D eigenvalue weighted by molar-refractivity contribution is 5.74. The van der Waals surface area contributed by atoms with Gasteiger partial charge in [-0.05, 0) is 23.1 Å². The van der Waals surface area contributed by atoms with Gasteiger partial charge in [0.25, 0.3) is 0 Å². The molecule has 4 rings (SSSR count). The lowest BCUT2D eigenvalue weighted by atomic mass is 9.89. The van der Waals surface area contributed by atoms with Gasteiger partial charge in [-0.3, -0.25) is 14.7 Å². The quantitative estimate of drug-likeness (QED) is 0.872. The lowest BCUT2D eigenvalue weighted by Crippen LogP contribution is -2.34. The maximum Gasteiger partial charge on any atom is 0.219 e. The van der Waals surface area contributed by atoms with Crippen LogP contribution in [0.1, 0.15) is 24.1 Å². The lowest BCUT2D eigenvalue weighted by Gasteiger charge is -2.29. The molecule has 2 aliphatic rings. The smallest absolute Gasteiger partial charge is 0.219 e. The van der Waals surface area contributed by atoms with E-state index >= 15 is 0 Å². The van der Waals surface area contributed by atoms with Gasteiger partial charge in [0.1, 0.15) is 0 Å². The van der Waals surface area contributed by atoms with Gasteiger partial charge in [-0.25, -0.2) is 0 Å². The van der Waals surface area contributed by atoms with Crippen molar-refractivity contribution in [2.45, 2.75) is 19.5 Å². The van der Waals surface area contributed by atoms with E-state index < -0.39 is 0 Å². The van der Waals surface area contributed by atoms with Gasteiger partial charge in [0.05, 0.1) is 6.04 Å². The third kappa shape index (κ3) is 2.82. The van der Waals surface area contributed by atoms with Crippen LogP contribution in [-0.4, -0.2) is 40.3 Å². The summed E-state index contributed by atoms with van der Waals surface area (Å²) in [4.78, 5) is 20.9. The lowest BCUT2D eigenvalue weighted by molar-refractivity contribution is -0.130. The Labute approximate surface area is 143 Å². The average molecular weight is 321 g/mol. The summed E-state index contributed by atoms with van der Waals surface area (Å²) in [7, 11) is 0. The molecule has 1 aromatic carbocycles. The molecule has 24 heavy (non-hydrogen) atoms. The molecule has 3 atom stereocenters. The van der Waals surface area contributed by atoms with Crippen molar-refractivity contribution in [1.29, 1.82) is 0 Å². The number of nitrogens with zero attached hydrogens (tertiary/aromatic N) is 3. The van der Waals surface area contributed by atoms with E-state index in [1.165, 1.54) is 11.1 Å². The first-order valence-corrected chi connectivity index (χ1v) is 8.66. The molecule has 0 N–H and O–H groups in total. The number of benzene rings is 1. The summed E-state index contributed by atoms with van der Waals surface area (Å²) < 4.78 is 0. The number of aromatic nitrogens is 1. The van der Waals surface area contributed by atoms with Crippen LogP contribution < -0.4 is 0 Å². The highest BCUT2D eigenvalue weighted by atomic mass is 16.2. The summed E-state index contributed by atoms with van der Waals surface area (Å²) in [6.45, 7) is 5.63. The summed E-state index contributed by atoms with van der Waals surface area (Å²) in [6.07, 6.45) is 3.77.